The molecule has 0 radical (unpaired) electrons. The van der Waals surface area contributed by atoms with Crippen LogP contribution in [0.3, 0.4) is 0 Å². The van der Waals surface area contributed by atoms with Gasteiger partial charge in [-0.25, -0.2) is 0 Å². The molecule has 0 saturated heterocycles. The fourth-order valence-corrected chi connectivity index (χ4v) is 1.14. The first-order chi connectivity index (χ1) is 5.77. The Balaban J connectivity index is 3.20. The van der Waals surface area contributed by atoms with Gasteiger partial charge in [-0.05, 0) is 23.7 Å². The molecule has 0 unspecified atom stereocenters. The molecule has 62 valence electrons. The number of halogens is 1. The molecule has 0 aliphatic heterocycles. The van der Waals surface area contributed by atoms with Crippen LogP contribution < -0.4 is 4.74 Å². The third-order valence-electron chi connectivity index (χ3n) is 1.29. The number of hydrogen-bond donors (Lipinski definition) is 0. The van der Waals surface area contributed by atoms with Crippen LogP contribution in [0.15, 0.2) is 27.8 Å². The topological polar surface area (TPSA) is 58.0 Å². The molecule has 1 aromatic carbocycles. The summed E-state index contributed by atoms with van der Waals surface area (Å²) < 4.78 is 5.82. The fraction of sp³-hybridized carbons (Fsp3) is 0.143. The van der Waals surface area contributed by atoms with E-state index in [1.54, 1.807) is 12.1 Å². The van der Waals surface area contributed by atoms with Gasteiger partial charge < -0.3 is 4.74 Å². The van der Waals surface area contributed by atoms with Crippen molar-refractivity contribution in [2.45, 2.75) is 0 Å². The first-order valence-electron chi connectivity index (χ1n) is 3.16. The van der Waals surface area contributed by atoms with E-state index in [1.807, 2.05) is 6.07 Å². The Hall–Kier alpha value is -1.19. The highest BCUT2D eigenvalue weighted by molar-refractivity contribution is 9.10. The minimum Gasteiger partial charge on any atom is -0.496 e. The van der Waals surface area contributed by atoms with E-state index in [4.69, 9.17) is 10.3 Å². The van der Waals surface area contributed by atoms with E-state index in [0.717, 1.165) is 4.47 Å². The third kappa shape index (κ3) is 1.90. The zero-order valence-electron chi connectivity index (χ0n) is 6.36. The van der Waals surface area contributed by atoms with E-state index in [0.29, 0.717) is 11.4 Å². The Morgan fingerprint density at radius 3 is 2.92 bits per heavy atom. The molecule has 0 amide bonds. The average molecular weight is 228 g/mol. The Kier molecular flexibility index (Phi) is 2.96. The van der Waals surface area contributed by atoms with Crippen molar-refractivity contribution >= 4 is 21.6 Å². The molecule has 0 heterocycles. The number of nitrogens with zero attached hydrogens (tertiary/aromatic N) is 3. The zero-order valence-corrected chi connectivity index (χ0v) is 7.95. The van der Waals surface area contributed by atoms with Crippen molar-refractivity contribution in [2.75, 3.05) is 7.11 Å². The number of ether oxygens (including phenoxy) is 1. The molecule has 0 N–H and O–H groups in total. The minimum absolute atomic E-state index is 0.481. The smallest absolute Gasteiger partial charge is 0.128 e. The lowest BCUT2D eigenvalue weighted by atomic mass is 10.3. The van der Waals surface area contributed by atoms with Crippen molar-refractivity contribution in [1.82, 2.24) is 0 Å². The molecule has 0 fully saturated rings. The summed E-state index contributed by atoms with van der Waals surface area (Å²) in [6.07, 6.45) is 0. The third-order valence-corrected chi connectivity index (χ3v) is 1.79. The summed E-state index contributed by atoms with van der Waals surface area (Å²) in [4.78, 5) is 2.68. The summed E-state index contributed by atoms with van der Waals surface area (Å²) in [5, 5.41) is 3.46. The second kappa shape index (κ2) is 3.99. The zero-order chi connectivity index (χ0) is 8.97. The highest BCUT2D eigenvalue weighted by Crippen LogP contribution is 2.30. The summed E-state index contributed by atoms with van der Waals surface area (Å²) in [5.41, 5.74) is 8.70. The lowest BCUT2D eigenvalue weighted by molar-refractivity contribution is 0.416. The Labute approximate surface area is 77.9 Å². The monoisotopic (exact) mass is 227 g/mol. The number of azide groups is 1. The van der Waals surface area contributed by atoms with Crippen LogP contribution in [0.2, 0.25) is 0 Å². The van der Waals surface area contributed by atoms with Gasteiger partial charge in [0.25, 0.3) is 0 Å². The summed E-state index contributed by atoms with van der Waals surface area (Å²) in [7, 11) is 1.53. The van der Waals surface area contributed by atoms with Crippen molar-refractivity contribution in [3.05, 3.63) is 33.1 Å². The highest BCUT2D eigenvalue weighted by atomic mass is 79.9. The second-order valence-electron chi connectivity index (χ2n) is 2.01. The number of benzene rings is 1. The van der Waals surface area contributed by atoms with Gasteiger partial charge in [-0.3, -0.25) is 0 Å². The largest absolute Gasteiger partial charge is 0.496 e. The quantitative estimate of drug-likeness (QED) is 0.434. The van der Waals surface area contributed by atoms with Gasteiger partial charge >= 0.3 is 0 Å². The van der Waals surface area contributed by atoms with Gasteiger partial charge in [0.2, 0.25) is 0 Å². The predicted molar refractivity (Wildman–Crippen MR) is 49.5 cm³/mol. The molecule has 1 rings (SSSR count). The molecule has 0 aromatic heterocycles. The maximum atomic E-state index is 8.22. The molecule has 0 saturated carbocycles. The van der Waals surface area contributed by atoms with Gasteiger partial charge in [0.05, 0.1) is 12.8 Å². The van der Waals surface area contributed by atoms with E-state index in [-0.39, 0.29) is 0 Å². The molecule has 0 bridgehead atoms. The number of methoxy groups -OCH3 is 1. The van der Waals surface area contributed by atoms with E-state index in [1.165, 1.54) is 7.11 Å². The van der Waals surface area contributed by atoms with Gasteiger partial charge in [-0.1, -0.05) is 21.0 Å². The predicted octanol–water partition coefficient (Wildman–Crippen LogP) is 3.40. The SMILES string of the molecule is COc1ccc(Br)cc1N=[N+]=[N-]. The summed E-state index contributed by atoms with van der Waals surface area (Å²) in [6.45, 7) is 0. The van der Waals surface area contributed by atoms with Crippen LogP contribution in [0, 0.1) is 0 Å². The Morgan fingerprint density at radius 2 is 2.33 bits per heavy atom. The molecule has 1 aromatic rings. The summed E-state index contributed by atoms with van der Waals surface area (Å²) in [5.74, 6) is 0.566. The van der Waals surface area contributed by atoms with Gasteiger partial charge in [0, 0.05) is 9.38 Å². The lowest BCUT2D eigenvalue weighted by Crippen LogP contribution is -1.81. The number of rotatable bonds is 2. The second-order valence-corrected chi connectivity index (χ2v) is 2.92. The van der Waals surface area contributed by atoms with Crippen LogP contribution in [0.25, 0.3) is 10.4 Å². The maximum absolute atomic E-state index is 8.22. The molecular formula is C7H6BrN3O. The van der Waals surface area contributed by atoms with Crippen LogP contribution in [-0.4, -0.2) is 7.11 Å². The van der Waals surface area contributed by atoms with E-state index >= 15 is 0 Å². The Bertz CT molecular complexity index is 333. The van der Waals surface area contributed by atoms with Gasteiger partial charge in [-0.15, -0.1) is 0 Å². The maximum Gasteiger partial charge on any atom is 0.128 e. The van der Waals surface area contributed by atoms with Gasteiger partial charge in [0.15, 0.2) is 0 Å². The van der Waals surface area contributed by atoms with Crippen LogP contribution in [-0.2, 0) is 0 Å². The minimum atomic E-state index is 0.481. The van der Waals surface area contributed by atoms with Crippen molar-refractivity contribution in [1.29, 1.82) is 0 Å². The Morgan fingerprint density at radius 1 is 1.58 bits per heavy atom. The molecule has 5 heteroatoms. The highest BCUT2D eigenvalue weighted by Gasteiger charge is 1.99. The standard InChI is InChI=1S/C7H6BrN3O/c1-12-7-3-2-5(8)4-6(7)10-11-9/h2-4H,1H3. The van der Waals surface area contributed by atoms with Crippen LogP contribution in [0.1, 0.15) is 0 Å². The molecule has 0 atom stereocenters. The van der Waals surface area contributed by atoms with Crippen LogP contribution in [0.5, 0.6) is 5.75 Å². The van der Waals surface area contributed by atoms with Crippen LogP contribution in [0.4, 0.5) is 5.69 Å². The van der Waals surface area contributed by atoms with E-state index in [2.05, 4.69) is 26.0 Å². The normalized spacial score (nSPS) is 8.83. The summed E-state index contributed by atoms with van der Waals surface area (Å²) in [6, 6.07) is 5.24. The lowest BCUT2D eigenvalue weighted by Gasteiger charge is -2.02. The van der Waals surface area contributed by atoms with E-state index < -0.39 is 0 Å². The molecular weight excluding hydrogens is 222 g/mol. The molecule has 0 aliphatic carbocycles. The van der Waals surface area contributed by atoms with Crippen LogP contribution >= 0.6 is 15.9 Å². The first-order valence-corrected chi connectivity index (χ1v) is 3.96. The van der Waals surface area contributed by atoms with Gasteiger partial charge in [0.1, 0.15) is 5.75 Å². The van der Waals surface area contributed by atoms with Gasteiger partial charge in [-0.2, -0.15) is 0 Å². The number of hydrogen-bond acceptors (Lipinski definition) is 2. The van der Waals surface area contributed by atoms with E-state index in [9.17, 15) is 0 Å². The molecule has 4 nitrogen and oxygen atoms in total. The first kappa shape index (κ1) is 8.90. The molecule has 12 heavy (non-hydrogen) atoms. The van der Waals surface area contributed by atoms with Crippen molar-refractivity contribution in [3.8, 4) is 5.75 Å². The van der Waals surface area contributed by atoms with Crippen molar-refractivity contribution < 1.29 is 4.74 Å². The molecule has 0 aliphatic rings. The molecule has 0 spiro atoms. The van der Waals surface area contributed by atoms with Crippen molar-refractivity contribution in [3.63, 3.8) is 0 Å². The summed E-state index contributed by atoms with van der Waals surface area (Å²) >= 11 is 3.26. The van der Waals surface area contributed by atoms with Crippen molar-refractivity contribution in [2.24, 2.45) is 5.11 Å². The average Bonchev–Trinajstić information content (AvgIpc) is 2.05. The fourth-order valence-electron chi connectivity index (χ4n) is 0.789.